The number of nitrogens with one attached hydrogen (secondary N) is 1. The first-order valence-corrected chi connectivity index (χ1v) is 5.90. The van der Waals surface area contributed by atoms with Crippen molar-refractivity contribution in [3.63, 3.8) is 0 Å². The van der Waals surface area contributed by atoms with E-state index < -0.39 is 0 Å². The monoisotopic (exact) mass is 249 g/mol. The zero-order chi connectivity index (χ0) is 13.1. The summed E-state index contributed by atoms with van der Waals surface area (Å²) in [5.74, 6) is 0.808. The SMILES string of the molecule is N#Cc1cc(COc2ccc3[nH]ccc3c2)ccn1. The Bertz CT molecular complexity index is 755. The average Bonchev–Trinajstić information content (AvgIpc) is 2.93. The zero-order valence-electron chi connectivity index (χ0n) is 10.1. The van der Waals surface area contributed by atoms with Crippen LogP contribution in [0.25, 0.3) is 10.9 Å². The lowest BCUT2D eigenvalue weighted by Gasteiger charge is -2.06. The molecule has 92 valence electrons. The third-order valence-electron chi connectivity index (χ3n) is 2.87. The van der Waals surface area contributed by atoms with Crippen LogP contribution in [0.2, 0.25) is 0 Å². The number of nitriles is 1. The third-order valence-corrected chi connectivity index (χ3v) is 2.87. The Morgan fingerprint density at radius 3 is 3.05 bits per heavy atom. The van der Waals surface area contributed by atoms with E-state index in [0.29, 0.717) is 12.3 Å². The number of benzene rings is 1. The van der Waals surface area contributed by atoms with E-state index in [1.807, 2.05) is 42.6 Å². The van der Waals surface area contributed by atoms with Gasteiger partial charge in [0.05, 0.1) is 0 Å². The summed E-state index contributed by atoms with van der Waals surface area (Å²) in [6.45, 7) is 0.424. The molecule has 3 rings (SSSR count). The molecule has 0 radical (unpaired) electrons. The molecule has 0 bridgehead atoms. The van der Waals surface area contributed by atoms with Crippen molar-refractivity contribution >= 4 is 10.9 Å². The maximum Gasteiger partial charge on any atom is 0.140 e. The van der Waals surface area contributed by atoms with Crippen LogP contribution in [0.4, 0.5) is 0 Å². The van der Waals surface area contributed by atoms with Gasteiger partial charge < -0.3 is 9.72 Å². The standard InChI is InChI=1S/C15H11N3O/c16-9-13-7-11(3-5-17-13)10-19-14-1-2-15-12(8-14)4-6-18-15/h1-8,18H,10H2. The normalized spacial score (nSPS) is 10.3. The maximum atomic E-state index is 8.79. The Labute approximate surface area is 110 Å². The number of pyridine rings is 1. The molecule has 0 atom stereocenters. The number of aromatic nitrogens is 2. The first-order valence-electron chi connectivity index (χ1n) is 5.90. The highest BCUT2D eigenvalue weighted by atomic mass is 16.5. The molecule has 0 aliphatic rings. The van der Waals surface area contributed by atoms with E-state index in [0.717, 1.165) is 22.2 Å². The number of hydrogen-bond acceptors (Lipinski definition) is 3. The number of ether oxygens (including phenoxy) is 1. The van der Waals surface area contributed by atoms with Crippen molar-refractivity contribution < 1.29 is 4.74 Å². The van der Waals surface area contributed by atoms with Crippen molar-refractivity contribution in [2.45, 2.75) is 6.61 Å². The topological polar surface area (TPSA) is 61.7 Å². The van der Waals surface area contributed by atoms with Crippen LogP contribution in [0.1, 0.15) is 11.3 Å². The molecule has 1 aromatic carbocycles. The summed E-state index contributed by atoms with van der Waals surface area (Å²) >= 11 is 0. The van der Waals surface area contributed by atoms with E-state index in [9.17, 15) is 0 Å². The van der Waals surface area contributed by atoms with Crippen LogP contribution in [-0.4, -0.2) is 9.97 Å². The Morgan fingerprint density at radius 2 is 2.16 bits per heavy atom. The third kappa shape index (κ3) is 2.40. The van der Waals surface area contributed by atoms with E-state index in [2.05, 4.69) is 9.97 Å². The fraction of sp³-hybridized carbons (Fsp3) is 0.0667. The smallest absolute Gasteiger partial charge is 0.140 e. The molecule has 1 N–H and O–H groups in total. The molecular weight excluding hydrogens is 238 g/mol. The second-order valence-electron chi connectivity index (χ2n) is 4.18. The lowest BCUT2D eigenvalue weighted by molar-refractivity contribution is 0.306. The van der Waals surface area contributed by atoms with Gasteiger partial charge in [-0.15, -0.1) is 0 Å². The van der Waals surface area contributed by atoms with Crippen molar-refractivity contribution in [3.8, 4) is 11.8 Å². The second-order valence-corrected chi connectivity index (χ2v) is 4.18. The molecule has 0 fully saturated rings. The second kappa shape index (κ2) is 4.83. The predicted octanol–water partition coefficient (Wildman–Crippen LogP) is 3.01. The number of fused-ring (bicyclic) bond motifs is 1. The number of rotatable bonds is 3. The minimum atomic E-state index is 0.405. The fourth-order valence-electron chi connectivity index (χ4n) is 1.91. The van der Waals surface area contributed by atoms with Crippen LogP contribution in [-0.2, 0) is 6.61 Å². The van der Waals surface area contributed by atoms with Gasteiger partial charge in [-0.2, -0.15) is 5.26 Å². The molecule has 4 heteroatoms. The molecule has 0 saturated carbocycles. The molecule has 0 aliphatic carbocycles. The van der Waals surface area contributed by atoms with Crippen LogP contribution in [0.3, 0.4) is 0 Å². The van der Waals surface area contributed by atoms with Crippen molar-refractivity contribution in [2.24, 2.45) is 0 Å². The van der Waals surface area contributed by atoms with Crippen LogP contribution in [0.15, 0.2) is 48.8 Å². The van der Waals surface area contributed by atoms with Crippen molar-refractivity contribution in [1.29, 1.82) is 5.26 Å². The largest absolute Gasteiger partial charge is 0.489 e. The van der Waals surface area contributed by atoms with Gasteiger partial charge >= 0.3 is 0 Å². The average molecular weight is 249 g/mol. The quantitative estimate of drug-likeness (QED) is 0.776. The number of nitrogens with zero attached hydrogens (tertiary/aromatic N) is 2. The molecule has 0 saturated heterocycles. The molecule has 19 heavy (non-hydrogen) atoms. The van der Waals surface area contributed by atoms with Crippen LogP contribution in [0, 0.1) is 11.3 Å². The van der Waals surface area contributed by atoms with Crippen molar-refractivity contribution in [2.75, 3.05) is 0 Å². The summed E-state index contributed by atoms with van der Waals surface area (Å²) in [4.78, 5) is 7.06. The first kappa shape index (κ1) is 11.3. The van der Waals surface area contributed by atoms with E-state index in [1.165, 1.54) is 0 Å². The summed E-state index contributed by atoms with van der Waals surface area (Å²) in [7, 11) is 0. The van der Waals surface area contributed by atoms with E-state index in [-0.39, 0.29) is 0 Å². The van der Waals surface area contributed by atoms with Crippen LogP contribution in [0.5, 0.6) is 5.75 Å². The minimum Gasteiger partial charge on any atom is -0.489 e. The van der Waals surface area contributed by atoms with Gasteiger partial charge in [0.15, 0.2) is 0 Å². The molecule has 4 nitrogen and oxygen atoms in total. The molecule has 0 amide bonds. The number of H-pyrrole nitrogens is 1. The Morgan fingerprint density at radius 1 is 1.21 bits per heavy atom. The summed E-state index contributed by atoms with van der Waals surface area (Å²) in [5, 5.41) is 9.90. The van der Waals surface area contributed by atoms with Gasteiger partial charge in [-0.05, 0) is 42.0 Å². The Hall–Kier alpha value is -2.80. The molecule has 2 aromatic heterocycles. The minimum absolute atomic E-state index is 0.405. The fourth-order valence-corrected chi connectivity index (χ4v) is 1.91. The van der Waals surface area contributed by atoms with E-state index in [4.69, 9.17) is 10.00 Å². The van der Waals surface area contributed by atoms with Gasteiger partial charge in [0, 0.05) is 23.3 Å². The van der Waals surface area contributed by atoms with Crippen molar-refractivity contribution in [1.82, 2.24) is 9.97 Å². The Kier molecular flexibility index (Phi) is 2.87. The van der Waals surface area contributed by atoms with Crippen molar-refractivity contribution in [3.05, 3.63) is 60.0 Å². The highest BCUT2D eigenvalue weighted by Gasteiger charge is 2.00. The Balaban J connectivity index is 1.76. The lowest BCUT2D eigenvalue weighted by Crippen LogP contribution is -1.96. The predicted molar refractivity (Wildman–Crippen MR) is 71.6 cm³/mol. The number of aromatic amines is 1. The van der Waals surface area contributed by atoms with Gasteiger partial charge in [0.1, 0.15) is 24.1 Å². The summed E-state index contributed by atoms with van der Waals surface area (Å²) < 4.78 is 5.72. The molecule has 2 heterocycles. The molecule has 3 aromatic rings. The molecular formula is C15H11N3O. The molecule has 0 aliphatic heterocycles. The summed E-state index contributed by atoms with van der Waals surface area (Å²) in [6, 6.07) is 13.5. The van der Waals surface area contributed by atoms with Gasteiger partial charge in [0.25, 0.3) is 0 Å². The first-order chi connectivity index (χ1) is 9.35. The van der Waals surface area contributed by atoms with Gasteiger partial charge in [0.2, 0.25) is 0 Å². The van der Waals surface area contributed by atoms with Gasteiger partial charge in [-0.25, -0.2) is 4.98 Å². The van der Waals surface area contributed by atoms with E-state index >= 15 is 0 Å². The molecule has 0 unspecified atom stereocenters. The highest BCUT2D eigenvalue weighted by molar-refractivity contribution is 5.80. The number of hydrogen-bond donors (Lipinski definition) is 1. The zero-order valence-corrected chi connectivity index (χ0v) is 10.1. The maximum absolute atomic E-state index is 8.79. The summed E-state index contributed by atoms with van der Waals surface area (Å²) in [6.07, 6.45) is 3.52. The van der Waals surface area contributed by atoms with E-state index in [1.54, 1.807) is 12.3 Å². The highest BCUT2D eigenvalue weighted by Crippen LogP contribution is 2.20. The van der Waals surface area contributed by atoms with Gasteiger partial charge in [-0.1, -0.05) is 0 Å². The molecule has 0 spiro atoms. The van der Waals surface area contributed by atoms with Gasteiger partial charge in [-0.3, -0.25) is 0 Å². The lowest BCUT2D eigenvalue weighted by atomic mass is 10.2. The summed E-state index contributed by atoms with van der Waals surface area (Å²) in [5.41, 5.74) is 2.42. The van der Waals surface area contributed by atoms with Crippen LogP contribution < -0.4 is 4.74 Å². The van der Waals surface area contributed by atoms with Crippen LogP contribution >= 0.6 is 0 Å².